The number of anilines is 1. The third-order valence-corrected chi connectivity index (χ3v) is 8.92. The van der Waals surface area contributed by atoms with E-state index in [1.807, 2.05) is 0 Å². The number of nitrogens with zero attached hydrogens (tertiary/aromatic N) is 1. The third kappa shape index (κ3) is 3.06. The second-order valence-electron chi connectivity index (χ2n) is 10.5. The van der Waals surface area contributed by atoms with Gasteiger partial charge in [0.05, 0.1) is 11.3 Å². The van der Waals surface area contributed by atoms with Gasteiger partial charge in [0.15, 0.2) is 11.0 Å². The first-order valence-electron chi connectivity index (χ1n) is 11.2. The van der Waals surface area contributed by atoms with E-state index in [0.29, 0.717) is 29.1 Å². The smallest absolute Gasteiger partial charge is 0.307 e. The minimum atomic E-state index is -1.25. The largest absolute Gasteiger partial charge is 0.481 e. The number of halogens is 3. The van der Waals surface area contributed by atoms with Crippen LogP contribution in [0.4, 0.5) is 10.1 Å². The molecule has 0 radical (unpaired) electrons. The van der Waals surface area contributed by atoms with Crippen LogP contribution in [0.2, 0.25) is 10.2 Å². The van der Waals surface area contributed by atoms with Gasteiger partial charge in [0.2, 0.25) is 5.91 Å². The molecule has 1 amide bonds. The zero-order valence-electron chi connectivity index (χ0n) is 18.4. The molecule has 1 aromatic carbocycles. The molecule has 33 heavy (non-hydrogen) atoms. The van der Waals surface area contributed by atoms with E-state index >= 15 is 4.39 Å². The summed E-state index contributed by atoms with van der Waals surface area (Å²) in [5, 5.41) is 13.4. The van der Waals surface area contributed by atoms with Crippen LogP contribution in [0.5, 0.6) is 0 Å². The normalized spacial score (nSPS) is 29.3. The summed E-state index contributed by atoms with van der Waals surface area (Å²) in [6, 6.07) is 6.67. The number of pyridine rings is 1. The number of hydrogen-bond acceptors (Lipinski definition) is 3. The second-order valence-corrected chi connectivity index (χ2v) is 11.3. The van der Waals surface area contributed by atoms with Gasteiger partial charge < -0.3 is 10.4 Å². The van der Waals surface area contributed by atoms with Crippen LogP contribution in [0.25, 0.3) is 0 Å². The zero-order valence-corrected chi connectivity index (χ0v) is 19.9. The number of nitrogens with one attached hydrogen (secondary N) is 1. The van der Waals surface area contributed by atoms with E-state index in [-0.39, 0.29) is 28.5 Å². The lowest BCUT2D eigenvalue weighted by atomic mass is 9.51. The van der Waals surface area contributed by atoms with E-state index < -0.39 is 34.5 Å². The first-order valence-corrected chi connectivity index (χ1v) is 11.9. The van der Waals surface area contributed by atoms with Crippen LogP contribution in [-0.2, 0) is 15.0 Å². The van der Waals surface area contributed by atoms with Crippen molar-refractivity contribution in [2.75, 3.05) is 5.32 Å². The van der Waals surface area contributed by atoms with E-state index in [1.54, 1.807) is 18.2 Å². The van der Waals surface area contributed by atoms with Crippen LogP contribution in [0.3, 0.4) is 0 Å². The van der Waals surface area contributed by atoms with Gasteiger partial charge >= 0.3 is 5.97 Å². The predicted octanol–water partition coefficient (Wildman–Crippen LogP) is 6.19. The number of rotatable bonds is 2. The molecule has 1 aliphatic heterocycles. The van der Waals surface area contributed by atoms with Crippen molar-refractivity contribution in [3.63, 3.8) is 0 Å². The SMILES string of the molecule is CC1(C)CCC2(CC1)C[C@@H](C(=O)O)[C@H](c1ccnc(Cl)c1F)C21C(=O)Nc2cc(Cl)ccc21. The van der Waals surface area contributed by atoms with E-state index in [2.05, 4.69) is 24.1 Å². The summed E-state index contributed by atoms with van der Waals surface area (Å²) in [5.41, 5.74) is -0.417. The lowest BCUT2D eigenvalue weighted by molar-refractivity contribution is -0.142. The number of benzene rings is 1. The van der Waals surface area contributed by atoms with Gasteiger partial charge in [-0.05, 0) is 72.3 Å². The summed E-state index contributed by atoms with van der Waals surface area (Å²) in [4.78, 5) is 30.5. The van der Waals surface area contributed by atoms with Crippen molar-refractivity contribution in [1.29, 1.82) is 0 Å². The summed E-state index contributed by atoms with van der Waals surface area (Å²) in [6.45, 7) is 4.39. The van der Waals surface area contributed by atoms with Gasteiger partial charge in [0.25, 0.3) is 0 Å². The first kappa shape index (κ1) is 22.6. The second kappa shape index (κ2) is 7.41. The van der Waals surface area contributed by atoms with Gasteiger partial charge in [-0.25, -0.2) is 9.37 Å². The highest BCUT2D eigenvalue weighted by Gasteiger charge is 2.72. The molecule has 1 aromatic heterocycles. The maximum Gasteiger partial charge on any atom is 0.307 e. The standard InChI is InChI=1S/C25H25Cl2FN2O3/c1-23(2)6-8-24(9-7-23)12-15(21(31)32)18(14-5-10-29-20(27)19(14)28)25(24)16-4-3-13(26)11-17(16)30-22(25)33/h3-5,10-11,15,18H,6-9,12H2,1-2H3,(H,30,33)(H,31,32)/t15-,18+,25?/m1/s1. The Morgan fingerprint density at radius 3 is 2.55 bits per heavy atom. The lowest BCUT2D eigenvalue weighted by Crippen LogP contribution is -2.52. The van der Waals surface area contributed by atoms with Gasteiger partial charge in [-0.3, -0.25) is 9.59 Å². The van der Waals surface area contributed by atoms with Crippen LogP contribution in [0.1, 0.15) is 63.0 Å². The number of carbonyl (C=O) groups excluding carboxylic acids is 1. The van der Waals surface area contributed by atoms with Crippen LogP contribution < -0.4 is 5.32 Å². The highest BCUT2D eigenvalue weighted by molar-refractivity contribution is 6.31. The highest BCUT2D eigenvalue weighted by Crippen LogP contribution is 2.72. The molecule has 5 nitrogen and oxygen atoms in total. The van der Waals surface area contributed by atoms with E-state index in [9.17, 15) is 14.7 Å². The average molecular weight is 491 g/mol. The molecule has 1 unspecified atom stereocenters. The minimum Gasteiger partial charge on any atom is -0.481 e. The number of aliphatic carboxylic acids is 1. The van der Waals surface area contributed by atoms with Crippen molar-refractivity contribution in [2.24, 2.45) is 16.7 Å². The Bertz CT molecular complexity index is 1170. The highest BCUT2D eigenvalue weighted by atomic mass is 35.5. The molecule has 2 heterocycles. The number of carboxylic acids is 1. The minimum absolute atomic E-state index is 0.0897. The van der Waals surface area contributed by atoms with E-state index in [4.69, 9.17) is 23.2 Å². The number of fused-ring (bicyclic) bond motifs is 3. The van der Waals surface area contributed by atoms with E-state index in [0.717, 1.165) is 12.8 Å². The average Bonchev–Trinajstić information content (AvgIpc) is 3.20. The Morgan fingerprint density at radius 2 is 1.88 bits per heavy atom. The van der Waals surface area contributed by atoms with Crippen molar-refractivity contribution in [1.82, 2.24) is 4.98 Å². The van der Waals surface area contributed by atoms with Gasteiger partial charge in [-0.2, -0.15) is 0 Å². The van der Waals surface area contributed by atoms with Gasteiger partial charge in [0.1, 0.15) is 0 Å². The number of aromatic nitrogens is 1. The fourth-order valence-electron chi connectivity index (χ4n) is 6.83. The number of carboxylic acid groups (broad SMARTS) is 1. The molecular formula is C25H25Cl2FN2O3. The summed E-state index contributed by atoms with van der Waals surface area (Å²) in [6.07, 6.45) is 4.72. The summed E-state index contributed by atoms with van der Waals surface area (Å²) in [7, 11) is 0. The zero-order chi connectivity index (χ0) is 23.8. The van der Waals surface area contributed by atoms with E-state index in [1.165, 1.54) is 12.3 Å². The van der Waals surface area contributed by atoms with Crippen molar-refractivity contribution < 1.29 is 19.1 Å². The van der Waals surface area contributed by atoms with Crippen LogP contribution >= 0.6 is 23.2 Å². The van der Waals surface area contributed by atoms with Crippen LogP contribution in [0.15, 0.2) is 30.5 Å². The molecule has 2 aliphatic carbocycles. The summed E-state index contributed by atoms with van der Waals surface area (Å²) >= 11 is 12.3. The van der Waals surface area contributed by atoms with Gasteiger partial charge in [-0.15, -0.1) is 0 Å². The number of amides is 1. The molecule has 2 N–H and O–H groups in total. The molecule has 3 aliphatic rings. The Labute approximate surface area is 201 Å². The molecule has 174 valence electrons. The molecule has 2 fully saturated rings. The molecule has 8 heteroatoms. The number of hydrogen-bond donors (Lipinski definition) is 2. The maximum absolute atomic E-state index is 15.4. The molecule has 0 saturated heterocycles. The van der Waals surface area contributed by atoms with Gasteiger partial charge in [0, 0.05) is 22.8 Å². The quantitative estimate of drug-likeness (QED) is 0.491. The monoisotopic (exact) mass is 490 g/mol. The molecule has 2 aromatic rings. The number of carbonyl (C=O) groups is 2. The van der Waals surface area contributed by atoms with Crippen molar-refractivity contribution in [3.05, 3.63) is 57.6 Å². The first-order chi connectivity index (χ1) is 15.5. The molecule has 3 atom stereocenters. The fraction of sp³-hybridized carbons (Fsp3) is 0.480. The Morgan fingerprint density at radius 1 is 1.18 bits per heavy atom. The Kier molecular flexibility index (Phi) is 5.07. The third-order valence-electron chi connectivity index (χ3n) is 8.42. The molecular weight excluding hydrogens is 466 g/mol. The van der Waals surface area contributed by atoms with Gasteiger partial charge in [-0.1, -0.05) is 43.1 Å². The molecule has 5 rings (SSSR count). The van der Waals surface area contributed by atoms with Crippen molar-refractivity contribution in [3.8, 4) is 0 Å². The van der Waals surface area contributed by atoms with Crippen LogP contribution in [-0.4, -0.2) is 22.0 Å². The van der Waals surface area contributed by atoms with Crippen molar-refractivity contribution in [2.45, 2.75) is 57.3 Å². The Hall–Kier alpha value is -2.18. The topological polar surface area (TPSA) is 79.3 Å². The predicted molar refractivity (Wildman–Crippen MR) is 124 cm³/mol. The summed E-state index contributed by atoms with van der Waals surface area (Å²) in [5.74, 6) is -3.98. The molecule has 2 saturated carbocycles. The Balaban J connectivity index is 1.83. The molecule has 2 spiro atoms. The molecule has 0 bridgehead atoms. The van der Waals surface area contributed by atoms with Crippen LogP contribution in [0, 0.1) is 22.6 Å². The fourth-order valence-corrected chi connectivity index (χ4v) is 7.17. The van der Waals surface area contributed by atoms with Crippen molar-refractivity contribution >= 4 is 40.8 Å². The summed E-state index contributed by atoms with van der Waals surface area (Å²) < 4.78 is 15.4. The maximum atomic E-state index is 15.4. The lowest BCUT2D eigenvalue weighted by Gasteiger charge is -2.50.